The summed E-state index contributed by atoms with van der Waals surface area (Å²) < 4.78 is 4.52. The van der Waals surface area contributed by atoms with Gasteiger partial charge in [-0.3, -0.25) is 14.9 Å². The molecule has 0 aromatic carbocycles. The summed E-state index contributed by atoms with van der Waals surface area (Å²) in [6.07, 6.45) is 9.31. The van der Waals surface area contributed by atoms with Gasteiger partial charge in [-0.2, -0.15) is 0 Å². The monoisotopic (exact) mass is 255 g/mol. The molecule has 0 aromatic rings. The average Bonchev–Trinajstić information content (AvgIpc) is 2.35. The van der Waals surface area contributed by atoms with Crippen molar-refractivity contribution in [3.8, 4) is 0 Å². The van der Waals surface area contributed by atoms with Gasteiger partial charge in [-0.1, -0.05) is 19.1 Å². The van der Waals surface area contributed by atoms with E-state index >= 15 is 0 Å². The number of ether oxygens (including phenoxy) is 1. The number of hydrogen-bond donors (Lipinski definition) is 0. The minimum absolute atomic E-state index is 0.194. The minimum Gasteiger partial charge on any atom is -0.469 e. The number of unbranched alkanes of at least 4 members (excludes halogenated alkanes) is 2. The van der Waals surface area contributed by atoms with E-state index in [-0.39, 0.29) is 16.6 Å². The number of allylic oxidation sites excluding steroid dienone is 3. The van der Waals surface area contributed by atoms with Crippen molar-refractivity contribution in [3.63, 3.8) is 0 Å². The van der Waals surface area contributed by atoms with Crippen LogP contribution in [-0.2, 0) is 9.53 Å². The molecule has 0 aliphatic carbocycles. The number of nitrogens with zero attached hydrogens (tertiary/aromatic N) is 1. The zero-order valence-electron chi connectivity index (χ0n) is 11.1. The second-order valence-electron chi connectivity index (χ2n) is 3.86. The van der Waals surface area contributed by atoms with E-state index in [4.69, 9.17) is 0 Å². The summed E-state index contributed by atoms with van der Waals surface area (Å²) in [4.78, 5) is 21.1. The number of carbonyl (C=O) groups excluding carboxylic acids is 1. The standard InChI is InChI=1S/C13H21NO4/c1-3-9-12(14(16)17)10-7-5-4-6-8-11-13(15)18-2/h5,7,9H,3-4,6,8,10-11H2,1-2H3/b7-5-,12-9+. The zero-order valence-corrected chi connectivity index (χ0v) is 11.1. The molecule has 0 amide bonds. The molecule has 5 heteroatoms. The minimum atomic E-state index is -0.342. The number of hydrogen-bond acceptors (Lipinski definition) is 4. The molecule has 0 bridgehead atoms. The number of rotatable bonds is 9. The molecule has 0 spiro atoms. The summed E-state index contributed by atoms with van der Waals surface area (Å²) in [5.74, 6) is -0.194. The van der Waals surface area contributed by atoms with E-state index in [1.807, 2.05) is 19.1 Å². The van der Waals surface area contributed by atoms with E-state index in [0.29, 0.717) is 19.3 Å². The van der Waals surface area contributed by atoms with Crippen molar-refractivity contribution >= 4 is 5.97 Å². The highest BCUT2D eigenvalue weighted by molar-refractivity contribution is 5.68. The topological polar surface area (TPSA) is 69.4 Å². The fourth-order valence-electron chi connectivity index (χ4n) is 1.42. The first-order valence-electron chi connectivity index (χ1n) is 6.17. The summed E-state index contributed by atoms with van der Waals surface area (Å²) in [6.45, 7) is 1.88. The highest BCUT2D eigenvalue weighted by atomic mass is 16.6. The Morgan fingerprint density at radius 1 is 1.33 bits per heavy atom. The van der Waals surface area contributed by atoms with E-state index in [1.54, 1.807) is 6.08 Å². The highest BCUT2D eigenvalue weighted by Crippen LogP contribution is 2.07. The van der Waals surface area contributed by atoms with Crippen LogP contribution in [0.3, 0.4) is 0 Å². The summed E-state index contributed by atoms with van der Waals surface area (Å²) in [5, 5.41) is 10.6. The fourth-order valence-corrected chi connectivity index (χ4v) is 1.42. The molecular formula is C13H21NO4. The normalized spacial score (nSPS) is 11.8. The van der Waals surface area contributed by atoms with E-state index in [2.05, 4.69) is 4.74 Å². The maximum absolute atomic E-state index is 10.8. The lowest BCUT2D eigenvalue weighted by atomic mass is 10.1. The van der Waals surface area contributed by atoms with Crippen LogP contribution in [0.4, 0.5) is 0 Å². The molecule has 102 valence electrons. The Balaban J connectivity index is 3.74. The molecule has 0 saturated heterocycles. The van der Waals surface area contributed by atoms with Gasteiger partial charge in [0.1, 0.15) is 0 Å². The summed E-state index contributed by atoms with van der Waals surface area (Å²) in [5.41, 5.74) is 0.239. The van der Waals surface area contributed by atoms with Crippen molar-refractivity contribution in [2.24, 2.45) is 0 Å². The summed E-state index contributed by atoms with van der Waals surface area (Å²) in [7, 11) is 1.38. The van der Waals surface area contributed by atoms with Gasteiger partial charge in [-0.05, 0) is 31.8 Å². The van der Waals surface area contributed by atoms with Crippen molar-refractivity contribution < 1.29 is 14.5 Å². The number of esters is 1. The van der Waals surface area contributed by atoms with Crippen LogP contribution in [-0.4, -0.2) is 18.0 Å². The highest BCUT2D eigenvalue weighted by Gasteiger charge is 2.05. The van der Waals surface area contributed by atoms with Gasteiger partial charge in [-0.25, -0.2) is 0 Å². The van der Waals surface area contributed by atoms with Gasteiger partial charge >= 0.3 is 5.97 Å². The van der Waals surface area contributed by atoms with Crippen LogP contribution in [0, 0.1) is 10.1 Å². The van der Waals surface area contributed by atoms with Gasteiger partial charge in [0.25, 0.3) is 0 Å². The zero-order chi connectivity index (χ0) is 13.8. The molecule has 0 fully saturated rings. The molecule has 0 unspecified atom stereocenters. The first-order chi connectivity index (χ1) is 8.61. The Morgan fingerprint density at radius 2 is 2.06 bits per heavy atom. The lowest BCUT2D eigenvalue weighted by Gasteiger charge is -1.97. The molecule has 0 atom stereocenters. The first kappa shape index (κ1) is 16.4. The molecule has 0 aliphatic heterocycles. The van der Waals surface area contributed by atoms with Crippen molar-refractivity contribution in [1.82, 2.24) is 0 Å². The third kappa shape index (κ3) is 8.50. The molecule has 18 heavy (non-hydrogen) atoms. The Bertz CT molecular complexity index is 321. The molecular weight excluding hydrogens is 234 g/mol. The summed E-state index contributed by atoms with van der Waals surface area (Å²) >= 11 is 0. The SMILES string of the molecule is CC/C=C(\C/C=C\CCCCC(=O)OC)[N+](=O)[O-]. The largest absolute Gasteiger partial charge is 0.469 e. The average molecular weight is 255 g/mol. The van der Waals surface area contributed by atoms with E-state index in [9.17, 15) is 14.9 Å². The van der Waals surface area contributed by atoms with Crippen molar-refractivity contribution in [2.45, 2.75) is 45.4 Å². The van der Waals surface area contributed by atoms with Crippen molar-refractivity contribution in [3.05, 3.63) is 34.0 Å². The number of carbonyl (C=O) groups is 1. The first-order valence-corrected chi connectivity index (χ1v) is 6.17. The second-order valence-corrected chi connectivity index (χ2v) is 3.86. The van der Waals surface area contributed by atoms with Crippen LogP contribution in [0.2, 0.25) is 0 Å². The van der Waals surface area contributed by atoms with E-state index in [0.717, 1.165) is 19.3 Å². The summed E-state index contributed by atoms with van der Waals surface area (Å²) in [6, 6.07) is 0. The molecule has 0 heterocycles. The maximum atomic E-state index is 10.8. The van der Waals surface area contributed by atoms with E-state index in [1.165, 1.54) is 7.11 Å². The Hall–Kier alpha value is -1.65. The third-order valence-electron chi connectivity index (χ3n) is 2.40. The van der Waals surface area contributed by atoms with Gasteiger partial charge < -0.3 is 4.74 Å². The van der Waals surface area contributed by atoms with Gasteiger partial charge in [-0.15, -0.1) is 0 Å². The van der Waals surface area contributed by atoms with Crippen LogP contribution >= 0.6 is 0 Å². The van der Waals surface area contributed by atoms with Gasteiger partial charge in [0, 0.05) is 6.42 Å². The quantitative estimate of drug-likeness (QED) is 0.208. The predicted molar refractivity (Wildman–Crippen MR) is 69.6 cm³/mol. The maximum Gasteiger partial charge on any atom is 0.305 e. The Labute approximate surface area is 108 Å². The van der Waals surface area contributed by atoms with Crippen LogP contribution in [0.25, 0.3) is 0 Å². The predicted octanol–water partition coefficient (Wildman–Crippen LogP) is 3.24. The molecule has 0 rings (SSSR count). The third-order valence-corrected chi connectivity index (χ3v) is 2.40. The van der Waals surface area contributed by atoms with Crippen molar-refractivity contribution in [2.75, 3.05) is 7.11 Å². The Kier molecular flexibility index (Phi) is 9.54. The van der Waals surface area contributed by atoms with Crippen LogP contribution < -0.4 is 0 Å². The lowest BCUT2D eigenvalue weighted by molar-refractivity contribution is -0.427. The van der Waals surface area contributed by atoms with Gasteiger partial charge in [0.15, 0.2) is 0 Å². The molecule has 0 saturated carbocycles. The lowest BCUT2D eigenvalue weighted by Crippen LogP contribution is -1.98. The molecule has 0 aliphatic rings. The molecule has 5 nitrogen and oxygen atoms in total. The van der Waals surface area contributed by atoms with Crippen molar-refractivity contribution in [1.29, 1.82) is 0 Å². The molecule has 0 radical (unpaired) electrons. The van der Waals surface area contributed by atoms with Crippen LogP contribution in [0.15, 0.2) is 23.9 Å². The number of methoxy groups -OCH3 is 1. The smallest absolute Gasteiger partial charge is 0.305 e. The van der Waals surface area contributed by atoms with Gasteiger partial charge in [0.2, 0.25) is 5.70 Å². The van der Waals surface area contributed by atoms with E-state index < -0.39 is 0 Å². The number of nitro groups is 1. The molecule has 0 aromatic heterocycles. The Morgan fingerprint density at radius 3 is 2.61 bits per heavy atom. The second kappa shape index (κ2) is 10.5. The van der Waals surface area contributed by atoms with Crippen LogP contribution in [0.1, 0.15) is 45.4 Å². The molecule has 0 N–H and O–H groups in total. The van der Waals surface area contributed by atoms with Gasteiger partial charge in [0.05, 0.1) is 18.5 Å². The van der Waals surface area contributed by atoms with Crippen LogP contribution in [0.5, 0.6) is 0 Å². The fraction of sp³-hybridized carbons (Fsp3) is 0.615.